The first-order valence-corrected chi connectivity index (χ1v) is 12.5. The Balaban J connectivity index is 1.61. The van der Waals surface area contributed by atoms with E-state index in [1.54, 1.807) is 6.92 Å². The van der Waals surface area contributed by atoms with Gasteiger partial charge < -0.3 is 24.5 Å². The first kappa shape index (κ1) is 25.2. The number of fused-ring (bicyclic) bond motifs is 1. The van der Waals surface area contributed by atoms with Crippen molar-refractivity contribution in [3.63, 3.8) is 0 Å². The highest BCUT2D eigenvalue weighted by atomic mass is 16.5. The molecule has 4 atom stereocenters. The molecule has 0 saturated carbocycles. The van der Waals surface area contributed by atoms with Gasteiger partial charge in [0.15, 0.2) is 0 Å². The third kappa shape index (κ3) is 4.54. The minimum atomic E-state index is -0.899. The molecule has 1 aromatic rings. The molecule has 3 unspecified atom stereocenters. The number of amides is 2. The molecule has 1 N–H and O–H groups in total. The lowest BCUT2D eigenvalue weighted by molar-refractivity contribution is -0.144. The second kappa shape index (κ2) is 9.28. The third-order valence-electron chi connectivity index (χ3n) is 7.62. The molecule has 3 fully saturated rings. The Bertz CT molecular complexity index is 999. The van der Waals surface area contributed by atoms with Crippen LogP contribution in [0, 0.1) is 31.1 Å². The number of likely N-dealkylation sites (tertiary alicyclic amines) is 2. The summed E-state index contributed by atoms with van der Waals surface area (Å²) in [6.45, 7) is 14.1. The molecule has 2 amide bonds. The maximum absolute atomic E-state index is 13.9. The van der Waals surface area contributed by atoms with Crippen LogP contribution >= 0.6 is 0 Å². The molecule has 4 rings (SSSR count). The lowest BCUT2D eigenvalue weighted by Crippen LogP contribution is -2.48. The Morgan fingerprint density at radius 1 is 1.09 bits per heavy atom. The number of hydrogen-bond donors (Lipinski definition) is 1. The summed E-state index contributed by atoms with van der Waals surface area (Å²) in [5.41, 5.74) is 1.45. The van der Waals surface area contributed by atoms with E-state index in [0.717, 1.165) is 6.42 Å². The number of carboxylic acid groups (broad SMARTS) is 1. The molecule has 0 spiro atoms. The molecule has 0 bridgehead atoms. The number of nitrogens with zero attached hydrogens (tertiary/aromatic N) is 5. The molecule has 1 aromatic heterocycles. The molecule has 192 valence electrons. The zero-order valence-electron chi connectivity index (χ0n) is 21.6. The number of aromatic nitrogens is 2. The molecule has 0 radical (unpaired) electrons. The van der Waals surface area contributed by atoms with Gasteiger partial charge in [-0.3, -0.25) is 4.79 Å². The lowest BCUT2D eigenvalue weighted by atomic mass is 9.77. The molecule has 3 saturated heterocycles. The Morgan fingerprint density at radius 3 is 2.31 bits per heavy atom. The lowest BCUT2D eigenvalue weighted by Gasteiger charge is -2.39. The minimum absolute atomic E-state index is 0.0883. The van der Waals surface area contributed by atoms with E-state index in [1.165, 1.54) is 4.90 Å². The van der Waals surface area contributed by atoms with Crippen molar-refractivity contribution in [1.82, 2.24) is 19.8 Å². The number of esters is 1. The molecule has 10 nitrogen and oxygen atoms in total. The first-order valence-electron chi connectivity index (χ1n) is 12.5. The van der Waals surface area contributed by atoms with Gasteiger partial charge in [-0.1, -0.05) is 20.8 Å². The highest BCUT2D eigenvalue weighted by Gasteiger charge is 2.53. The van der Waals surface area contributed by atoms with Crippen LogP contribution in [0.3, 0.4) is 0 Å². The predicted octanol–water partition coefficient (Wildman–Crippen LogP) is 2.72. The standard InChI is InChI=1S/C25H37N5O5/c1-7-35-22(32)18-9-8-10-29(18)23-26-14(2)19(15(3)27-23)21(31)30-12-16-11-28(24(33)34)13-17(16)20(30)25(4,5)6/h16-18,20H,7-13H2,1-6H3,(H,33,34)/t16?,17?,18-,20?/m0/s1. The zero-order valence-corrected chi connectivity index (χ0v) is 21.6. The van der Waals surface area contributed by atoms with E-state index in [1.807, 2.05) is 23.6 Å². The van der Waals surface area contributed by atoms with E-state index in [0.29, 0.717) is 62.1 Å². The molecule has 4 heterocycles. The Morgan fingerprint density at radius 2 is 1.74 bits per heavy atom. The molecule has 35 heavy (non-hydrogen) atoms. The molecular weight excluding hydrogens is 450 g/mol. The average Bonchev–Trinajstić information content (AvgIpc) is 3.46. The quantitative estimate of drug-likeness (QED) is 0.645. The largest absolute Gasteiger partial charge is 0.465 e. The minimum Gasteiger partial charge on any atom is -0.465 e. The van der Waals surface area contributed by atoms with Gasteiger partial charge in [0.05, 0.1) is 23.6 Å². The van der Waals surface area contributed by atoms with Crippen LogP contribution in [0.2, 0.25) is 0 Å². The number of carbonyl (C=O) groups is 3. The number of carbonyl (C=O) groups excluding carboxylic acids is 2. The SMILES string of the molecule is CCOC(=O)[C@@H]1CCCN1c1nc(C)c(C(=O)N2CC3CN(C(=O)O)CC3C2C(C)(C)C)c(C)n1. The zero-order chi connectivity index (χ0) is 25.7. The number of anilines is 1. The summed E-state index contributed by atoms with van der Waals surface area (Å²) in [5, 5.41) is 9.48. The van der Waals surface area contributed by atoms with Crippen LogP contribution in [0.1, 0.15) is 62.3 Å². The maximum atomic E-state index is 13.9. The van der Waals surface area contributed by atoms with E-state index in [4.69, 9.17) is 4.74 Å². The number of rotatable bonds is 4. The molecule has 0 aromatic carbocycles. The Labute approximate surface area is 206 Å². The van der Waals surface area contributed by atoms with Crippen molar-refractivity contribution in [2.75, 3.05) is 37.7 Å². The summed E-state index contributed by atoms with van der Waals surface area (Å²) in [6.07, 6.45) is 0.643. The molecule has 3 aliphatic heterocycles. The van der Waals surface area contributed by atoms with Crippen molar-refractivity contribution in [1.29, 1.82) is 0 Å². The molecular formula is C25H37N5O5. The summed E-state index contributed by atoms with van der Waals surface area (Å²) >= 11 is 0. The number of ether oxygens (including phenoxy) is 1. The fourth-order valence-electron chi connectivity index (χ4n) is 6.29. The fourth-order valence-corrected chi connectivity index (χ4v) is 6.29. The number of hydrogen-bond acceptors (Lipinski definition) is 7. The van der Waals surface area contributed by atoms with E-state index in [9.17, 15) is 19.5 Å². The van der Waals surface area contributed by atoms with Crippen LogP contribution in [-0.4, -0.2) is 87.7 Å². The Kier molecular flexibility index (Phi) is 6.68. The van der Waals surface area contributed by atoms with Gasteiger partial charge in [-0.05, 0) is 39.0 Å². The van der Waals surface area contributed by atoms with Gasteiger partial charge in [-0.25, -0.2) is 19.6 Å². The summed E-state index contributed by atoms with van der Waals surface area (Å²) in [5.74, 6) is 0.304. The summed E-state index contributed by atoms with van der Waals surface area (Å²) in [7, 11) is 0. The van der Waals surface area contributed by atoms with Gasteiger partial charge in [0, 0.05) is 44.1 Å². The molecule has 0 aliphatic carbocycles. The van der Waals surface area contributed by atoms with E-state index < -0.39 is 12.1 Å². The van der Waals surface area contributed by atoms with Gasteiger partial charge in [-0.2, -0.15) is 0 Å². The van der Waals surface area contributed by atoms with Crippen LogP contribution in [0.15, 0.2) is 0 Å². The highest BCUT2D eigenvalue weighted by Crippen LogP contribution is 2.44. The highest BCUT2D eigenvalue weighted by molar-refractivity contribution is 5.97. The van der Waals surface area contributed by atoms with Crippen LogP contribution in [0.5, 0.6) is 0 Å². The fraction of sp³-hybridized carbons (Fsp3) is 0.720. The van der Waals surface area contributed by atoms with Crippen molar-refractivity contribution < 1.29 is 24.2 Å². The second-order valence-electron chi connectivity index (χ2n) is 11.1. The summed E-state index contributed by atoms with van der Waals surface area (Å²) in [6, 6.07) is -0.495. The Hall–Kier alpha value is -2.91. The van der Waals surface area contributed by atoms with Gasteiger partial charge in [0.1, 0.15) is 6.04 Å². The van der Waals surface area contributed by atoms with Crippen LogP contribution in [0.25, 0.3) is 0 Å². The summed E-state index contributed by atoms with van der Waals surface area (Å²) < 4.78 is 5.23. The van der Waals surface area contributed by atoms with Gasteiger partial charge in [0.25, 0.3) is 5.91 Å². The molecule has 3 aliphatic rings. The maximum Gasteiger partial charge on any atom is 0.407 e. The van der Waals surface area contributed by atoms with Crippen molar-refractivity contribution in [2.24, 2.45) is 17.3 Å². The third-order valence-corrected chi connectivity index (χ3v) is 7.62. The average molecular weight is 488 g/mol. The van der Waals surface area contributed by atoms with Crippen molar-refractivity contribution in [2.45, 2.75) is 66.5 Å². The second-order valence-corrected chi connectivity index (χ2v) is 11.1. The van der Waals surface area contributed by atoms with Gasteiger partial charge in [-0.15, -0.1) is 0 Å². The normalized spacial score (nSPS) is 26.3. The predicted molar refractivity (Wildman–Crippen MR) is 129 cm³/mol. The molecule has 10 heteroatoms. The first-order chi connectivity index (χ1) is 16.4. The van der Waals surface area contributed by atoms with E-state index in [2.05, 4.69) is 30.7 Å². The van der Waals surface area contributed by atoms with Crippen LogP contribution < -0.4 is 4.90 Å². The summed E-state index contributed by atoms with van der Waals surface area (Å²) in [4.78, 5) is 52.5. The topological polar surface area (TPSA) is 116 Å². The van der Waals surface area contributed by atoms with E-state index >= 15 is 0 Å². The van der Waals surface area contributed by atoms with Gasteiger partial charge in [0.2, 0.25) is 5.95 Å². The monoisotopic (exact) mass is 487 g/mol. The smallest absolute Gasteiger partial charge is 0.407 e. The van der Waals surface area contributed by atoms with Crippen LogP contribution in [0.4, 0.5) is 10.7 Å². The van der Waals surface area contributed by atoms with Crippen molar-refractivity contribution in [3.05, 3.63) is 17.0 Å². The van der Waals surface area contributed by atoms with Gasteiger partial charge >= 0.3 is 12.1 Å². The van der Waals surface area contributed by atoms with Crippen LogP contribution in [-0.2, 0) is 9.53 Å². The van der Waals surface area contributed by atoms with Crippen molar-refractivity contribution >= 4 is 23.9 Å². The van der Waals surface area contributed by atoms with E-state index in [-0.39, 0.29) is 35.2 Å². The number of aryl methyl sites for hydroxylation is 2. The van der Waals surface area contributed by atoms with Crippen molar-refractivity contribution in [3.8, 4) is 0 Å².